The van der Waals surface area contributed by atoms with Gasteiger partial charge in [-0.15, -0.1) is 0 Å². The first-order valence-corrected chi connectivity index (χ1v) is 7.57. The van der Waals surface area contributed by atoms with Crippen LogP contribution in [0.25, 0.3) is 0 Å². The third-order valence-corrected chi connectivity index (χ3v) is 5.09. The lowest BCUT2D eigenvalue weighted by Gasteiger charge is -2.27. The van der Waals surface area contributed by atoms with Gasteiger partial charge in [0.25, 0.3) is 0 Å². The summed E-state index contributed by atoms with van der Waals surface area (Å²) < 4.78 is 0.310. The largest absolute Gasteiger partial charge is 0.367 e. The molecule has 0 aliphatic heterocycles. The van der Waals surface area contributed by atoms with E-state index in [-0.39, 0.29) is 0 Å². The van der Waals surface area contributed by atoms with Crippen molar-refractivity contribution >= 4 is 35.1 Å². The Morgan fingerprint density at radius 1 is 1.50 bits per heavy atom. The van der Waals surface area contributed by atoms with E-state index in [4.69, 9.17) is 17.4 Å². The Morgan fingerprint density at radius 3 is 2.83 bits per heavy atom. The molecule has 0 spiro atoms. The Kier molecular flexibility index (Phi) is 4.53. The Balaban J connectivity index is 2.05. The Morgan fingerprint density at radius 2 is 2.22 bits per heavy atom. The van der Waals surface area contributed by atoms with Gasteiger partial charge in [0.05, 0.1) is 6.20 Å². The molecule has 4 N–H and O–H groups in total. The minimum Gasteiger partial charge on any atom is -0.367 e. The van der Waals surface area contributed by atoms with Gasteiger partial charge in [-0.3, -0.25) is 5.43 Å². The zero-order valence-corrected chi connectivity index (χ0v) is 11.9. The number of rotatable bonds is 5. The number of thioether (sulfide) groups is 1. The summed E-state index contributed by atoms with van der Waals surface area (Å²) in [6.45, 7) is 0.870. The van der Waals surface area contributed by atoms with Gasteiger partial charge in [-0.25, -0.2) is 10.8 Å². The number of nitrogens with two attached hydrogens (primary N) is 1. The number of anilines is 2. The first kappa shape index (κ1) is 13.7. The highest BCUT2D eigenvalue weighted by atomic mass is 35.5. The second-order valence-electron chi connectivity index (χ2n) is 4.48. The third-order valence-electron chi connectivity index (χ3n) is 3.40. The molecule has 0 unspecified atom stereocenters. The lowest BCUT2D eigenvalue weighted by molar-refractivity contribution is 0.638. The van der Waals surface area contributed by atoms with Gasteiger partial charge in [-0.2, -0.15) is 16.7 Å². The molecule has 2 rings (SSSR count). The quantitative estimate of drug-likeness (QED) is 0.571. The van der Waals surface area contributed by atoms with Crippen molar-refractivity contribution in [2.45, 2.75) is 30.4 Å². The lowest BCUT2D eigenvalue weighted by atomic mass is 10.1. The molecular weight excluding hydrogens is 270 g/mol. The van der Waals surface area contributed by atoms with Gasteiger partial charge in [0.2, 0.25) is 5.95 Å². The van der Waals surface area contributed by atoms with E-state index in [0.29, 0.717) is 21.5 Å². The highest BCUT2D eigenvalue weighted by molar-refractivity contribution is 8.00. The van der Waals surface area contributed by atoms with Gasteiger partial charge < -0.3 is 5.32 Å². The number of nitrogens with one attached hydrogen (secondary N) is 2. The van der Waals surface area contributed by atoms with E-state index in [1.54, 1.807) is 6.20 Å². The monoisotopic (exact) mass is 287 g/mol. The molecule has 1 fully saturated rings. The molecule has 1 heterocycles. The molecule has 100 valence electrons. The van der Waals surface area contributed by atoms with E-state index in [1.807, 2.05) is 11.8 Å². The van der Waals surface area contributed by atoms with E-state index in [1.165, 1.54) is 25.7 Å². The number of nitrogens with zero attached hydrogens (tertiary/aromatic N) is 2. The van der Waals surface area contributed by atoms with Gasteiger partial charge in [0.1, 0.15) is 5.02 Å². The predicted octanol–water partition coefficient (Wildman–Crippen LogP) is 2.50. The maximum absolute atomic E-state index is 6.06. The first-order chi connectivity index (χ1) is 8.69. The molecule has 0 bridgehead atoms. The van der Waals surface area contributed by atoms with Crippen LogP contribution in [0, 0.1) is 0 Å². The summed E-state index contributed by atoms with van der Waals surface area (Å²) in [5, 5.41) is 3.84. The van der Waals surface area contributed by atoms with Gasteiger partial charge >= 0.3 is 0 Å². The van der Waals surface area contributed by atoms with Crippen LogP contribution in [0.5, 0.6) is 0 Å². The molecule has 1 aromatic heterocycles. The van der Waals surface area contributed by atoms with Crippen molar-refractivity contribution < 1.29 is 0 Å². The number of aromatic nitrogens is 2. The summed E-state index contributed by atoms with van der Waals surface area (Å²) in [5.74, 6) is 6.30. The highest BCUT2D eigenvalue weighted by Crippen LogP contribution is 2.40. The van der Waals surface area contributed by atoms with E-state index in [0.717, 1.165) is 6.54 Å². The number of hydrogen-bond donors (Lipinski definition) is 3. The SMILES string of the molecule is CSC1(CNc2nc(NN)ncc2Cl)CCCC1. The Labute approximate surface area is 116 Å². The highest BCUT2D eigenvalue weighted by Gasteiger charge is 2.32. The van der Waals surface area contributed by atoms with E-state index >= 15 is 0 Å². The van der Waals surface area contributed by atoms with Crippen molar-refractivity contribution in [1.82, 2.24) is 9.97 Å². The zero-order chi connectivity index (χ0) is 13.0. The van der Waals surface area contributed by atoms with Crippen LogP contribution in [0.3, 0.4) is 0 Å². The molecule has 0 atom stereocenters. The summed E-state index contributed by atoms with van der Waals surface area (Å²) >= 11 is 7.99. The zero-order valence-electron chi connectivity index (χ0n) is 10.4. The summed E-state index contributed by atoms with van der Waals surface area (Å²) in [7, 11) is 0. The van der Waals surface area contributed by atoms with Crippen LogP contribution in [0.2, 0.25) is 5.02 Å². The van der Waals surface area contributed by atoms with Crippen molar-refractivity contribution in [3.8, 4) is 0 Å². The van der Waals surface area contributed by atoms with Crippen LogP contribution in [0.1, 0.15) is 25.7 Å². The molecule has 0 amide bonds. The summed E-state index contributed by atoms with van der Waals surface area (Å²) in [6.07, 6.45) is 8.80. The molecule has 7 heteroatoms. The molecule has 1 saturated carbocycles. The van der Waals surface area contributed by atoms with Crippen molar-refractivity contribution in [3.63, 3.8) is 0 Å². The number of hydrogen-bond acceptors (Lipinski definition) is 6. The maximum Gasteiger partial charge on any atom is 0.239 e. The molecule has 0 saturated heterocycles. The predicted molar refractivity (Wildman–Crippen MR) is 78.1 cm³/mol. The standard InChI is InChI=1S/C11H18ClN5S/c1-18-11(4-2-3-5-11)7-15-9-8(12)6-14-10(16-9)17-13/h6H,2-5,7,13H2,1H3,(H2,14,15,16,17). The topological polar surface area (TPSA) is 75.9 Å². The molecule has 1 aliphatic rings. The Bertz CT molecular complexity index is 408. The number of halogens is 1. The summed E-state index contributed by atoms with van der Waals surface area (Å²) in [5.41, 5.74) is 2.42. The van der Waals surface area contributed by atoms with Crippen LogP contribution >= 0.6 is 23.4 Å². The number of nitrogen functional groups attached to an aromatic ring is 1. The molecule has 5 nitrogen and oxygen atoms in total. The molecule has 1 aliphatic carbocycles. The van der Waals surface area contributed by atoms with Crippen LogP contribution < -0.4 is 16.6 Å². The average molecular weight is 288 g/mol. The van der Waals surface area contributed by atoms with E-state index < -0.39 is 0 Å². The van der Waals surface area contributed by atoms with Crippen molar-refractivity contribution in [3.05, 3.63) is 11.2 Å². The molecule has 18 heavy (non-hydrogen) atoms. The average Bonchev–Trinajstić information content (AvgIpc) is 2.87. The summed E-state index contributed by atoms with van der Waals surface area (Å²) in [6, 6.07) is 0. The second kappa shape index (κ2) is 5.95. The molecule has 1 aromatic rings. The fourth-order valence-corrected chi connectivity index (χ4v) is 3.35. The molecular formula is C11H18ClN5S. The fourth-order valence-electron chi connectivity index (χ4n) is 2.28. The number of hydrazine groups is 1. The van der Waals surface area contributed by atoms with Crippen LogP contribution in [0.15, 0.2) is 6.20 Å². The first-order valence-electron chi connectivity index (χ1n) is 5.97. The van der Waals surface area contributed by atoms with Crippen LogP contribution in [0.4, 0.5) is 11.8 Å². The van der Waals surface area contributed by atoms with Gasteiger partial charge in [0.15, 0.2) is 5.82 Å². The van der Waals surface area contributed by atoms with E-state index in [9.17, 15) is 0 Å². The normalized spacial score (nSPS) is 17.7. The lowest BCUT2D eigenvalue weighted by Crippen LogP contribution is -2.30. The summed E-state index contributed by atoms with van der Waals surface area (Å²) in [4.78, 5) is 8.17. The van der Waals surface area contributed by atoms with E-state index in [2.05, 4.69) is 27.0 Å². The van der Waals surface area contributed by atoms with Crippen LogP contribution in [-0.2, 0) is 0 Å². The minimum absolute atomic E-state index is 0.310. The van der Waals surface area contributed by atoms with Gasteiger partial charge in [-0.1, -0.05) is 24.4 Å². The third kappa shape index (κ3) is 2.99. The van der Waals surface area contributed by atoms with Gasteiger partial charge in [-0.05, 0) is 19.1 Å². The van der Waals surface area contributed by atoms with Crippen molar-refractivity contribution in [2.24, 2.45) is 5.84 Å². The maximum atomic E-state index is 6.06. The van der Waals surface area contributed by atoms with Crippen molar-refractivity contribution in [2.75, 3.05) is 23.5 Å². The van der Waals surface area contributed by atoms with Crippen LogP contribution in [-0.4, -0.2) is 27.5 Å². The molecule has 0 aromatic carbocycles. The van der Waals surface area contributed by atoms with Crippen molar-refractivity contribution in [1.29, 1.82) is 0 Å². The minimum atomic E-state index is 0.310. The van der Waals surface area contributed by atoms with Gasteiger partial charge in [0, 0.05) is 11.3 Å². The second-order valence-corrected chi connectivity index (χ2v) is 6.16. The smallest absolute Gasteiger partial charge is 0.239 e. The fraction of sp³-hybridized carbons (Fsp3) is 0.636. The molecule has 0 radical (unpaired) electrons. The Hall–Kier alpha value is -0.720.